The van der Waals surface area contributed by atoms with Crippen molar-refractivity contribution in [1.29, 1.82) is 0 Å². The highest BCUT2D eigenvalue weighted by Crippen LogP contribution is 2.27. The van der Waals surface area contributed by atoms with Crippen molar-refractivity contribution in [1.82, 2.24) is 0 Å². The predicted octanol–water partition coefficient (Wildman–Crippen LogP) is 6.75. The first-order valence-corrected chi connectivity index (χ1v) is 11.6. The van der Waals surface area contributed by atoms with Crippen molar-refractivity contribution in [3.63, 3.8) is 0 Å². The number of amides is 1. The van der Waals surface area contributed by atoms with Crippen molar-refractivity contribution < 1.29 is 14.3 Å². The minimum atomic E-state index is -0.505. The fourth-order valence-corrected chi connectivity index (χ4v) is 3.57. The molecule has 0 saturated heterocycles. The Bertz CT molecular complexity index is 1040. The highest BCUT2D eigenvalue weighted by Gasteiger charge is 2.27. The number of hydrogen-bond donors (Lipinski definition) is 1. The Balaban J connectivity index is 1.45. The molecule has 3 aromatic rings. The largest absolute Gasteiger partial charge is 0.493 e. The number of anilines is 1. The van der Waals surface area contributed by atoms with E-state index in [1.54, 1.807) is 0 Å². The number of rotatable bonds is 11. The van der Waals surface area contributed by atoms with Gasteiger partial charge in [-0.05, 0) is 61.6 Å². The Morgan fingerprint density at radius 1 is 0.879 bits per heavy atom. The van der Waals surface area contributed by atoms with Crippen LogP contribution in [0.2, 0.25) is 0 Å². The Morgan fingerprint density at radius 3 is 2.45 bits per heavy atom. The topological polar surface area (TPSA) is 47.6 Å². The second kappa shape index (κ2) is 11.6. The summed E-state index contributed by atoms with van der Waals surface area (Å²) in [6.07, 6.45) is 2.38. The third-order valence-electron chi connectivity index (χ3n) is 5.76. The molecule has 0 heterocycles. The van der Waals surface area contributed by atoms with Crippen LogP contribution in [0.25, 0.3) is 0 Å². The first-order chi connectivity index (χ1) is 15.8. The summed E-state index contributed by atoms with van der Waals surface area (Å²) < 4.78 is 11.8. The molecule has 3 aromatic carbocycles. The molecule has 0 aliphatic heterocycles. The summed E-state index contributed by atoms with van der Waals surface area (Å²) >= 11 is 0. The molecule has 0 atom stereocenters. The zero-order valence-electron chi connectivity index (χ0n) is 20.2. The number of hydrogen-bond acceptors (Lipinski definition) is 3. The molecule has 0 saturated carbocycles. The molecule has 0 radical (unpaired) electrons. The maximum atomic E-state index is 12.9. The van der Waals surface area contributed by atoms with Gasteiger partial charge in [0.05, 0.1) is 13.2 Å². The van der Waals surface area contributed by atoms with Gasteiger partial charge in [0.15, 0.2) is 0 Å². The molecule has 3 rings (SSSR count). The number of carbonyl (C=O) groups is 1. The van der Waals surface area contributed by atoms with Gasteiger partial charge in [-0.3, -0.25) is 4.79 Å². The van der Waals surface area contributed by atoms with E-state index in [9.17, 15) is 4.79 Å². The molecule has 0 aliphatic rings. The molecular formula is C29H35NO3. The van der Waals surface area contributed by atoms with Gasteiger partial charge in [0, 0.05) is 23.6 Å². The molecule has 4 heteroatoms. The van der Waals surface area contributed by atoms with Crippen molar-refractivity contribution in [3.8, 4) is 11.5 Å². The summed E-state index contributed by atoms with van der Waals surface area (Å²) in [5.74, 6) is 1.67. The van der Waals surface area contributed by atoms with Crippen LogP contribution in [-0.4, -0.2) is 19.1 Å². The Kier molecular flexibility index (Phi) is 8.53. The van der Waals surface area contributed by atoms with Crippen LogP contribution < -0.4 is 14.8 Å². The van der Waals surface area contributed by atoms with Crippen LogP contribution in [0.3, 0.4) is 0 Å². The minimum Gasteiger partial charge on any atom is -0.493 e. The zero-order valence-corrected chi connectivity index (χ0v) is 20.2. The van der Waals surface area contributed by atoms with Crippen LogP contribution in [0.1, 0.15) is 43.4 Å². The predicted molar refractivity (Wildman–Crippen MR) is 135 cm³/mol. The molecule has 1 N–H and O–H groups in total. The number of aryl methyl sites for hydroxylation is 2. The van der Waals surface area contributed by atoms with Gasteiger partial charge < -0.3 is 14.8 Å². The lowest BCUT2D eigenvalue weighted by molar-refractivity contribution is -0.124. The van der Waals surface area contributed by atoms with Gasteiger partial charge in [-0.25, -0.2) is 0 Å². The van der Waals surface area contributed by atoms with E-state index in [2.05, 4.69) is 42.6 Å². The summed E-state index contributed by atoms with van der Waals surface area (Å²) in [5.41, 5.74) is 3.79. The molecule has 0 spiro atoms. The number of nitrogens with one attached hydrogen (secondary N) is 1. The lowest BCUT2D eigenvalue weighted by Crippen LogP contribution is -2.31. The van der Waals surface area contributed by atoms with Crippen LogP contribution in [0.5, 0.6) is 11.5 Å². The number of ether oxygens (including phenoxy) is 2. The Hall–Kier alpha value is -3.27. The second-order valence-electron chi connectivity index (χ2n) is 9.17. The average Bonchev–Trinajstić information content (AvgIpc) is 2.80. The van der Waals surface area contributed by atoms with E-state index in [4.69, 9.17) is 9.47 Å². The molecular weight excluding hydrogens is 410 g/mol. The van der Waals surface area contributed by atoms with Crippen LogP contribution >= 0.6 is 0 Å². The third-order valence-corrected chi connectivity index (χ3v) is 5.76. The lowest BCUT2D eigenvalue weighted by atomic mass is 9.87. The molecule has 1 amide bonds. The van der Waals surface area contributed by atoms with Crippen LogP contribution in [-0.2, 0) is 11.2 Å². The van der Waals surface area contributed by atoms with Crippen molar-refractivity contribution in [2.24, 2.45) is 5.41 Å². The molecule has 0 aliphatic carbocycles. The molecule has 0 bridgehead atoms. The summed E-state index contributed by atoms with van der Waals surface area (Å²) in [4.78, 5) is 12.9. The van der Waals surface area contributed by atoms with Crippen LogP contribution in [0.4, 0.5) is 5.69 Å². The van der Waals surface area contributed by atoms with Crippen LogP contribution in [0.15, 0.2) is 72.8 Å². The Morgan fingerprint density at radius 2 is 1.67 bits per heavy atom. The molecule has 0 fully saturated rings. The zero-order chi connectivity index (χ0) is 23.7. The van der Waals surface area contributed by atoms with Gasteiger partial charge in [0.25, 0.3) is 0 Å². The van der Waals surface area contributed by atoms with Crippen molar-refractivity contribution in [3.05, 3.63) is 89.5 Å². The molecule has 0 unspecified atom stereocenters. The fourth-order valence-electron chi connectivity index (χ4n) is 3.57. The fraction of sp³-hybridized carbons (Fsp3) is 0.345. The van der Waals surface area contributed by atoms with E-state index < -0.39 is 5.41 Å². The maximum Gasteiger partial charge on any atom is 0.230 e. The molecule has 4 nitrogen and oxygen atoms in total. The van der Waals surface area contributed by atoms with E-state index in [-0.39, 0.29) is 5.91 Å². The highest BCUT2D eigenvalue weighted by molar-refractivity contribution is 5.94. The first-order valence-electron chi connectivity index (χ1n) is 11.6. The van der Waals surface area contributed by atoms with E-state index in [0.29, 0.717) is 13.2 Å². The van der Waals surface area contributed by atoms with Gasteiger partial charge in [-0.1, -0.05) is 62.4 Å². The standard InChI is InChI=1S/C29H35NO3/c1-22-14-15-23(2)27(20-22)33-18-9-17-29(3,4)28(31)30-25-12-8-13-26(21-25)32-19-16-24-10-6-5-7-11-24/h5-8,10-15,20-21H,9,16-19H2,1-4H3,(H,30,31). The minimum absolute atomic E-state index is 0.00401. The monoisotopic (exact) mass is 445 g/mol. The van der Waals surface area contributed by atoms with E-state index in [1.807, 2.05) is 63.2 Å². The van der Waals surface area contributed by atoms with Crippen molar-refractivity contribution in [2.75, 3.05) is 18.5 Å². The normalized spacial score (nSPS) is 11.2. The van der Waals surface area contributed by atoms with E-state index in [1.165, 1.54) is 11.1 Å². The molecule has 174 valence electrons. The maximum absolute atomic E-state index is 12.9. The van der Waals surface area contributed by atoms with Crippen molar-refractivity contribution >= 4 is 11.6 Å². The molecule has 33 heavy (non-hydrogen) atoms. The quantitative estimate of drug-likeness (QED) is 0.332. The second-order valence-corrected chi connectivity index (χ2v) is 9.17. The molecule has 0 aromatic heterocycles. The first kappa shape index (κ1) is 24.4. The Labute approximate surface area is 197 Å². The summed E-state index contributed by atoms with van der Waals surface area (Å²) in [6.45, 7) is 9.23. The van der Waals surface area contributed by atoms with E-state index in [0.717, 1.165) is 42.0 Å². The average molecular weight is 446 g/mol. The lowest BCUT2D eigenvalue weighted by Gasteiger charge is -2.24. The summed E-state index contributed by atoms with van der Waals surface area (Å²) in [6, 6.07) is 24.0. The van der Waals surface area contributed by atoms with Crippen molar-refractivity contribution in [2.45, 2.75) is 47.0 Å². The smallest absolute Gasteiger partial charge is 0.230 e. The van der Waals surface area contributed by atoms with Crippen LogP contribution in [0, 0.1) is 19.3 Å². The third kappa shape index (κ3) is 7.67. The number of benzene rings is 3. The summed E-state index contributed by atoms with van der Waals surface area (Å²) in [7, 11) is 0. The summed E-state index contributed by atoms with van der Waals surface area (Å²) in [5, 5.41) is 3.05. The van der Waals surface area contributed by atoms with E-state index >= 15 is 0 Å². The highest BCUT2D eigenvalue weighted by atomic mass is 16.5. The van der Waals surface area contributed by atoms with Gasteiger partial charge in [-0.15, -0.1) is 0 Å². The van der Waals surface area contributed by atoms with Gasteiger partial charge >= 0.3 is 0 Å². The van der Waals surface area contributed by atoms with Gasteiger partial charge in [-0.2, -0.15) is 0 Å². The number of carbonyl (C=O) groups excluding carboxylic acids is 1. The van der Waals surface area contributed by atoms with Gasteiger partial charge in [0.2, 0.25) is 5.91 Å². The van der Waals surface area contributed by atoms with Gasteiger partial charge in [0.1, 0.15) is 11.5 Å². The SMILES string of the molecule is Cc1ccc(C)c(OCCCC(C)(C)C(=O)Nc2cccc(OCCc3ccccc3)c2)c1.